The average molecular weight is 437 g/mol. The highest BCUT2D eigenvalue weighted by Crippen LogP contribution is 2.21. The highest BCUT2D eigenvalue weighted by Gasteiger charge is 2.30. The molecule has 154 valence electrons. The lowest BCUT2D eigenvalue weighted by Crippen LogP contribution is -2.44. The van der Waals surface area contributed by atoms with Crippen LogP contribution in [0, 0.1) is 6.92 Å². The molecule has 2 heterocycles. The first-order valence-electron chi connectivity index (χ1n) is 8.90. The van der Waals surface area contributed by atoms with Gasteiger partial charge in [0.15, 0.2) is 9.84 Å². The molecule has 0 spiro atoms. The Balaban J connectivity index is 1.77. The van der Waals surface area contributed by atoms with Gasteiger partial charge in [0.1, 0.15) is 5.15 Å². The fraction of sp³-hybridized carbons (Fsp3) is 0.316. The minimum atomic E-state index is -3.34. The highest BCUT2D eigenvalue weighted by atomic mass is 35.5. The van der Waals surface area contributed by atoms with Crippen molar-refractivity contribution in [2.45, 2.75) is 18.2 Å². The Morgan fingerprint density at radius 2 is 1.76 bits per heavy atom. The van der Waals surface area contributed by atoms with Crippen LogP contribution >= 0.6 is 11.6 Å². The van der Waals surface area contributed by atoms with Crippen molar-refractivity contribution in [3.05, 3.63) is 52.3 Å². The molecule has 0 bridgehead atoms. The van der Waals surface area contributed by atoms with Crippen molar-refractivity contribution < 1.29 is 18.0 Å². The van der Waals surface area contributed by atoms with Crippen LogP contribution in [0.1, 0.15) is 28.0 Å². The third kappa shape index (κ3) is 4.35. The fourth-order valence-corrected chi connectivity index (χ4v) is 3.99. The van der Waals surface area contributed by atoms with E-state index in [0.29, 0.717) is 41.5 Å². The van der Waals surface area contributed by atoms with Crippen molar-refractivity contribution in [1.29, 1.82) is 0 Å². The maximum atomic E-state index is 12.8. The number of nitrogens with zero attached hydrogens (tertiary/aromatic N) is 4. The normalized spacial score (nSPS) is 14.8. The number of halogens is 1. The molecule has 3 rings (SSSR count). The Kier molecular flexibility index (Phi) is 5.81. The van der Waals surface area contributed by atoms with Crippen molar-refractivity contribution in [3.63, 3.8) is 0 Å². The summed E-state index contributed by atoms with van der Waals surface area (Å²) in [5.41, 5.74) is 1.66. The number of carbonyl (C=O) groups excluding carboxylic acids is 2. The Bertz CT molecular complexity index is 1090. The van der Waals surface area contributed by atoms with E-state index in [1.807, 2.05) is 0 Å². The van der Waals surface area contributed by atoms with Gasteiger partial charge in [0, 0.05) is 43.6 Å². The first kappa shape index (κ1) is 21.1. The second kappa shape index (κ2) is 8.00. The first-order chi connectivity index (χ1) is 13.6. The van der Waals surface area contributed by atoms with Crippen molar-refractivity contribution in [2.75, 3.05) is 19.3 Å². The molecule has 10 heteroatoms. The second-order valence-corrected chi connectivity index (χ2v) is 9.16. The van der Waals surface area contributed by atoms with E-state index in [1.54, 1.807) is 20.0 Å². The number of hydrogen-bond acceptors (Lipinski definition) is 5. The number of sulfone groups is 1. The number of benzene rings is 1. The molecule has 1 aliphatic rings. The first-order valence-corrected chi connectivity index (χ1v) is 11.2. The lowest BCUT2D eigenvalue weighted by molar-refractivity contribution is -0.134. The van der Waals surface area contributed by atoms with Crippen molar-refractivity contribution in [1.82, 2.24) is 19.8 Å². The smallest absolute Gasteiger partial charge is 0.268 e. The largest absolute Gasteiger partial charge is 0.272 e. The van der Waals surface area contributed by atoms with Crippen LogP contribution in [0.15, 0.2) is 35.2 Å². The maximum Gasteiger partial charge on any atom is 0.272 e. The molecule has 0 radical (unpaired) electrons. The molecule has 1 aliphatic heterocycles. The molecule has 29 heavy (non-hydrogen) atoms. The van der Waals surface area contributed by atoms with E-state index in [4.69, 9.17) is 11.6 Å². The number of amides is 2. The Morgan fingerprint density at radius 3 is 2.31 bits per heavy atom. The molecule has 1 saturated heterocycles. The molecule has 0 unspecified atom stereocenters. The molecule has 0 N–H and O–H groups in total. The predicted molar refractivity (Wildman–Crippen MR) is 109 cm³/mol. The summed E-state index contributed by atoms with van der Waals surface area (Å²) in [5, 5.41) is 7.37. The molecule has 1 fully saturated rings. The zero-order valence-corrected chi connectivity index (χ0v) is 17.9. The second-order valence-electron chi connectivity index (χ2n) is 6.79. The van der Waals surface area contributed by atoms with E-state index >= 15 is 0 Å². The van der Waals surface area contributed by atoms with Gasteiger partial charge < -0.3 is 0 Å². The Hall–Kier alpha value is -2.65. The van der Waals surface area contributed by atoms with Gasteiger partial charge in [0.25, 0.3) is 11.8 Å². The van der Waals surface area contributed by atoms with Crippen LogP contribution in [0.5, 0.6) is 0 Å². The van der Waals surface area contributed by atoms with Crippen molar-refractivity contribution in [3.8, 4) is 0 Å². The number of aryl methyl sites for hydroxylation is 2. The highest BCUT2D eigenvalue weighted by molar-refractivity contribution is 7.90. The van der Waals surface area contributed by atoms with Gasteiger partial charge in [-0.25, -0.2) is 18.4 Å². The van der Waals surface area contributed by atoms with Crippen LogP contribution in [0.3, 0.4) is 0 Å². The van der Waals surface area contributed by atoms with Gasteiger partial charge in [-0.05, 0) is 43.7 Å². The third-order valence-electron chi connectivity index (χ3n) is 4.64. The number of hydrogen-bond donors (Lipinski definition) is 0. The van der Waals surface area contributed by atoms with Crippen LogP contribution in [0.4, 0.5) is 0 Å². The van der Waals surface area contributed by atoms with Gasteiger partial charge in [0.2, 0.25) is 0 Å². The van der Waals surface area contributed by atoms with E-state index in [0.717, 1.165) is 6.26 Å². The zero-order chi connectivity index (χ0) is 21.3. The Labute approximate surface area is 174 Å². The van der Waals surface area contributed by atoms with Gasteiger partial charge in [0.05, 0.1) is 10.6 Å². The standard InChI is InChI=1S/C19H21ClN4O4S/c1-13-16(18(20)22(2)21-13)9-10-17(25)23-11-4-12-24(23)19(26)14-5-7-15(8-6-14)29(3,27)28/h5-10H,4,11-12H2,1-3H3. The maximum absolute atomic E-state index is 12.8. The molecule has 1 aromatic carbocycles. The fourth-order valence-electron chi connectivity index (χ4n) is 3.12. The topological polar surface area (TPSA) is 92.6 Å². The molecule has 0 aliphatic carbocycles. The number of rotatable bonds is 4. The summed E-state index contributed by atoms with van der Waals surface area (Å²) >= 11 is 6.18. The third-order valence-corrected chi connectivity index (χ3v) is 6.21. The van der Waals surface area contributed by atoms with Crippen LogP contribution in [0.25, 0.3) is 6.08 Å². The molecule has 0 atom stereocenters. The lowest BCUT2D eigenvalue weighted by atomic mass is 10.2. The molecular weight excluding hydrogens is 416 g/mol. The molecule has 2 aromatic rings. The summed E-state index contributed by atoms with van der Waals surface area (Å²) < 4.78 is 24.7. The van der Waals surface area contributed by atoms with Gasteiger partial charge in [-0.2, -0.15) is 5.10 Å². The number of carbonyl (C=O) groups is 2. The van der Waals surface area contributed by atoms with E-state index in [-0.39, 0.29) is 16.7 Å². The van der Waals surface area contributed by atoms with E-state index in [1.165, 1.54) is 45.0 Å². The van der Waals surface area contributed by atoms with Crippen molar-refractivity contribution in [2.24, 2.45) is 7.05 Å². The summed E-state index contributed by atoms with van der Waals surface area (Å²) in [6, 6.07) is 5.68. The Morgan fingerprint density at radius 1 is 1.14 bits per heavy atom. The minimum absolute atomic E-state index is 0.134. The minimum Gasteiger partial charge on any atom is -0.268 e. The van der Waals surface area contributed by atoms with Gasteiger partial charge >= 0.3 is 0 Å². The predicted octanol–water partition coefficient (Wildman–Crippen LogP) is 2.09. The van der Waals surface area contributed by atoms with Crippen molar-refractivity contribution >= 4 is 39.3 Å². The molecule has 0 saturated carbocycles. The lowest BCUT2D eigenvalue weighted by Gasteiger charge is -2.27. The van der Waals surface area contributed by atoms with Crippen LogP contribution in [0.2, 0.25) is 5.15 Å². The summed E-state index contributed by atoms with van der Waals surface area (Å²) in [5.74, 6) is -0.706. The summed E-state index contributed by atoms with van der Waals surface area (Å²) in [4.78, 5) is 25.6. The van der Waals surface area contributed by atoms with Crippen LogP contribution in [-0.4, -0.2) is 59.4 Å². The SMILES string of the molecule is Cc1nn(C)c(Cl)c1C=CC(=O)N1CCCN1C(=O)c1ccc(S(C)(=O)=O)cc1. The van der Waals surface area contributed by atoms with E-state index < -0.39 is 9.84 Å². The van der Waals surface area contributed by atoms with E-state index in [2.05, 4.69) is 5.10 Å². The van der Waals surface area contributed by atoms with Gasteiger partial charge in [-0.1, -0.05) is 11.6 Å². The van der Waals surface area contributed by atoms with Gasteiger partial charge in [-0.15, -0.1) is 0 Å². The number of aromatic nitrogens is 2. The summed E-state index contributed by atoms with van der Waals surface area (Å²) in [7, 11) is -1.63. The van der Waals surface area contributed by atoms with Gasteiger partial charge in [-0.3, -0.25) is 14.3 Å². The summed E-state index contributed by atoms with van der Waals surface area (Å²) in [6.45, 7) is 2.61. The van der Waals surface area contributed by atoms with Crippen LogP contribution in [-0.2, 0) is 21.7 Å². The summed E-state index contributed by atoms with van der Waals surface area (Å²) in [6.07, 6.45) is 4.72. The molecule has 1 aromatic heterocycles. The molecule has 2 amide bonds. The molecule has 8 nitrogen and oxygen atoms in total. The average Bonchev–Trinajstić information content (AvgIpc) is 3.24. The van der Waals surface area contributed by atoms with Crippen LogP contribution < -0.4 is 0 Å². The monoisotopic (exact) mass is 436 g/mol. The molecular formula is C19H21ClN4O4S. The van der Waals surface area contributed by atoms with E-state index in [9.17, 15) is 18.0 Å². The quantitative estimate of drug-likeness (QED) is 0.684. The zero-order valence-electron chi connectivity index (χ0n) is 16.3. The number of hydrazine groups is 1.